The van der Waals surface area contributed by atoms with Crippen LogP contribution in [0.5, 0.6) is 0 Å². The molecule has 15 heteroatoms. The van der Waals surface area contributed by atoms with E-state index in [1.54, 1.807) is 0 Å². The van der Waals surface area contributed by atoms with Gasteiger partial charge in [0.2, 0.25) is 0 Å². The second kappa shape index (κ2) is 104. The van der Waals surface area contributed by atoms with Crippen LogP contribution in [-0.4, -0.2) is 121 Å². The minimum absolute atomic E-state index is 0. The minimum Gasteiger partial charge on any atom is -0.789 e. The molecule has 0 bridgehead atoms. The first-order chi connectivity index (χ1) is 41.2. The number of unbranched alkanes of at least 4 members (excludes halogenated alkanes) is 44. The molecule has 0 N–H and O–H groups in total. The molecule has 8 nitrogen and oxygen atoms in total. The van der Waals surface area contributed by atoms with E-state index in [9.17, 15) is 19.2 Å². The molecule has 0 amide bonds. The molecule has 0 aromatic carbocycles. The van der Waals surface area contributed by atoms with Crippen LogP contribution in [0, 0.1) is 0 Å². The number of allylic oxidation sites excluding steroid dienone is 4. The largest absolute Gasteiger partial charge is 2.00 e. The molecule has 0 aromatic heterocycles. The van der Waals surface area contributed by atoms with E-state index < -0.39 is 0 Å². The first kappa shape index (κ1) is 108. The SMILES string of the molecule is C.C.C=CCCCCCCCCCCCCCC(=O)OCC[S-].C=CCCCCCCCCCCCCCC(=O)OCC[S-].C=CCCCCCCCCCCCCCC(=O)OCC[S-].C=CCCCCCCCCCCCCCC(=O)OCC[S-].S.[Sn+2].[Sn+2]. The Morgan fingerprint density at radius 1 is 0.236 bits per heavy atom. The maximum absolute atomic E-state index is 11.2. The number of hydrogen-bond donors (Lipinski definition) is 0. The third-order valence-electron chi connectivity index (χ3n) is 14.5. The standard InChI is InChI=1S/4C18H34O2S.2CH4.H2S.2Sn/c4*1-2-3-4-5-6-7-8-9-10-11-12-13-14-15-18(19)20-16-17-21;;;;;/h4*2,21H,1,3-17H2;2*1H4;1H2;;/q;;;;;;;2*+2/p-4. The first-order valence-corrected chi connectivity index (χ1v) is 36.9. The fourth-order valence-corrected chi connectivity index (χ4v) is 9.84. The van der Waals surface area contributed by atoms with E-state index in [-0.39, 0.29) is 100 Å². The summed E-state index contributed by atoms with van der Waals surface area (Å²) in [6.45, 7) is 16.5. The van der Waals surface area contributed by atoms with Gasteiger partial charge >= 0.3 is 71.7 Å². The van der Waals surface area contributed by atoms with Gasteiger partial charge in [-0.05, 0) is 77.0 Å². The molecule has 0 unspecified atom stereocenters. The summed E-state index contributed by atoms with van der Waals surface area (Å²) in [6, 6.07) is 0. The molecular formula is C74H142O8S5Sn2. The van der Waals surface area contributed by atoms with E-state index in [0.29, 0.717) is 75.1 Å². The quantitative estimate of drug-likeness (QED) is 0.0145. The van der Waals surface area contributed by atoms with Gasteiger partial charge < -0.3 is 69.5 Å². The van der Waals surface area contributed by atoms with E-state index in [4.69, 9.17) is 69.5 Å². The Kier molecular flexibility index (Phi) is 126. The predicted molar refractivity (Wildman–Crippen MR) is 409 cm³/mol. The maximum atomic E-state index is 11.2. The van der Waals surface area contributed by atoms with E-state index in [0.717, 1.165) is 51.4 Å². The summed E-state index contributed by atoms with van der Waals surface area (Å²) in [4.78, 5) is 44.9. The van der Waals surface area contributed by atoms with Crippen molar-refractivity contribution in [2.75, 3.05) is 49.4 Å². The Hall–Kier alpha value is 0.187. The van der Waals surface area contributed by atoms with Crippen LogP contribution in [0.15, 0.2) is 50.6 Å². The van der Waals surface area contributed by atoms with E-state index in [2.05, 4.69) is 26.3 Å². The number of hydrogen-bond acceptors (Lipinski definition) is 12. The van der Waals surface area contributed by atoms with Gasteiger partial charge in [0.05, 0.1) is 26.4 Å². The smallest absolute Gasteiger partial charge is 0.789 e. The van der Waals surface area contributed by atoms with Crippen molar-refractivity contribution in [3.05, 3.63) is 50.6 Å². The summed E-state index contributed by atoms with van der Waals surface area (Å²) in [5.74, 6) is 1.65. The number of carbonyl (C=O) groups excluding carboxylic acids is 4. The van der Waals surface area contributed by atoms with Crippen LogP contribution in [0.1, 0.15) is 349 Å². The zero-order valence-corrected chi connectivity index (χ0v) is 65.9. The molecule has 89 heavy (non-hydrogen) atoms. The van der Waals surface area contributed by atoms with Crippen molar-refractivity contribution in [1.82, 2.24) is 0 Å². The molecular weight excluding hydrogens is 1410 g/mol. The van der Waals surface area contributed by atoms with Crippen molar-refractivity contribution in [3.63, 3.8) is 0 Å². The minimum atomic E-state index is -0.0868. The van der Waals surface area contributed by atoms with Gasteiger partial charge in [0, 0.05) is 25.7 Å². The summed E-state index contributed by atoms with van der Waals surface area (Å²) in [5, 5.41) is 0. The van der Waals surface area contributed by atoms with Gasteiger partial charge in [-0.1, -0.05) is 270 Å². The van der Waals surface area contributed by atoms with Crippen LogP contribution in [0.3, 0.4) is 0 Å². The topological polar surface area (TPSA) is 105 Å². The average Bonchev–Trinajstić information content (AvgIpc) is 3.50. The molecule has 0 heterocycles. The van der Waals surface area contributed by atoms with Gasteiger partial charge in [0.15, 0.2) is 0 Å². The van der Waals surface area contributed by atoms with Crippen LogP contribution >= 0.6 is 13.5 Å². The Bertz CT molecular complexity index is 1180. The molecule has 0 aliphatic rings. The second-order valence-electron chi connectivity index (χ2n) is 22.6. The van der Waals surface area contributed by atoms with Gasteiger partial charge in [-0.25, -0.2) is 0 Å². The third-order valence-corrected chi connectivity index (χ3v) is 15.2. The second-order valence-corrected chi connectivity index (χ2v) is 24.2. The molecule has 524 valence electrons. The normalized spacial score (nSPS) is 9.93. The molecule has 0 saturated heterocycles. The van der Waals surface area contributed by atoms with Gasteiger partial charge in [-0.2, -0.15) is 13.5 Å². The maximum Gasteiger partial charge on any atom is 2.00 e. The van der Waals surface area contributed by atoms with Crippen molar-refractivity contribution in [2.45, 2.75) is 349 Å². The van der Waals surface area contributed by atoms with Gasteiger partial charge in [-0.3, -0.25) is 19.2 Å². The zero-order valence-electron chi connectivity index (χ0n) is 56.0. The van der Waals surface area contributed by atoms with Crippen molar-refractivity contribution in [3.8, 4) is 0 Å². The van der Waals surface area contributed by atoms with Crippen LogP contribution in [0.4, 0.5) is 0 Å². The molecule has 0 aliphatic heterocycles. The van der Waals surface area contributed by atoms with E-state index >= 15 is 0 Å². The average molecular weight is 1560 g/mol. The summed E-state index contributed by atoms with van der Waals surface area (Å²) in [7, 11) is 0. The molecule has 0 spiro atoms. The van der Waals surface area contributed by atoms with Crippen LogP contribution in [0.25, 0.3) is 0 Å². The third kappa shape index (κ3) is 113. The zero-order chi connectivity index (χ0) is 62.4. The predicted octanol–water partition coefficient (Wildman–Crippen LogP) is 22.0. The Morgan fingerprint density at radius 2 is 0.348 bits per heavy atom. The van der Waals surface area contributed by atoms with Crippen molar-refractivity contribution in [2.24, 2.45) is 0 Å². The monoisotopic (exact) mass is 1560 g/mol. The molecule has 0 atom stereocenters. The molecule has 0 fully saturated rings. The van der Waals surface area contributed by atoms with Crippen LogP contribution in [0.2, 0.25) is 0 Å². The Morgan fingerprint density at radius 3 is 0.461 bits per heavy atom. The number of esters is 4. The van der Waals surface area contributed by atoms with E-state index in [1.165, 1.54) is 257 Å². The molecule has 4 radical (unpaired) electrons. The van der Waals surface area contributed by atoms with Crippen molar-refractivity contribution < 1.29 is 38.1 Å². The summed E-state index contributed by atoms with van der Waals surface area (Å²) in [6.07, 6.45) is 71.5. The summed E-state index contributed by atoms with van der Waals surface area (Å²) in [5.41, 5.74) is 0. The number of ether oxygens (including phenoxy) is 4. The van der Waals surface area contributed by atoms with Crippen LogP contribution in [-0.2, 0) is 88.6 Å². The van der Waals surface area contributed by atoms with Gasteiger partial charge in [-0.15, -0.1) is 49.3 Å². The Labute approximate surface area is 617 Å². The van der Waals surface area contributed by atoms with Gasteiger partial charge in [0.1, 0.15) is 0 Å². The Balaban J connectivity index is -0.000000134. The van der Waals surface area contributed by atoms with Crippen LogP contribution < -0.4 is 0 Å². The molecule has 0 rings (SSSR count). The van der Waals surface area contributed by atoms with E-state index in [1.807, 2.05) is 24.3 Å². The fourth-order valence-electron chi connectivity index (χ4n) is 9.51. The molecule has 0 aromatic rings. The number of carbonyl (C=O) groups is 4. The fraction of sp³-hybridized carbons (Fsp3) is 0.838. The van der Waals surface area contributed by atoms with Crippen molar-refractivity contribution >= 4 is 136 Å². The summed E-state index contributed by atoms with van der Waals surface area (Å²) >= 11 is 18.9. The van der Waals surface area contributed by atoms with Gasteiger partial charge in [0.25, 0.3) is 0 Å². The van der Waals surface area contributed by atoms with Crippen molar-refractivity contribution in [1.29, 1.82) is 0 Å². The number of rotatable bonds is 64. The molecule has 0 aliphatic carbocycles. The molecule has 0 saturated carbocycles. The first-order valence-electron chi connectivity index (χ1n) is 34.6. The summed E-state index contributed by atoms with van der Waals surface area (Å²) < 4.78 is 19.8.